The normalized spacial score (nSPS) is 12.0. The molecule has 0 spiro atoms. The first kappa shape index (κ1) is 16.2. The molecule has 0 atom stereocenters. The van der Waals surface area contributed by atoms with E-state index < -0.39 is 0 Å². The molecule has 1 aromatic heterocycles. The van der Waals surface area contributed by atoms with Crippen LogP contribution in [-0.2, 0) is 6.54 Å². The molecule has 0 radical (unpaired) electrons. The summed E-state index contributed by atoms with van der Waals surface area (Å²) in [4.78, 5) is 0. The molecule has 0 aliphatic heterocycles. The van der Waals surface area contributed by atoms with Crippen molar-refractivity contribution >= 4 is 15.9 Å². The van der Waals surface area contributed by atoms with Gasteiger partial charge in [0.15, 0.2) is 0 Å². The molecule has 0 fully saturated rings. The van der Waals surface area contributed by atoms with Gasteiger partial charge in [-0.1, -0.05) is 6.07 Å². The molecule has 1 aromatic carbocycles. The van der Waals surface area contributed by atoms with Crippen LogP contribution in [-0.4, -0.2) is 15.3 Å². The maximum absolute atomic E-state index is 14.4. The third-order valence-corrected chi connectivity index (χ3v) is 4.41. The quantitative estimate of drug-likeness (QED) is 0.892. The number of halogens is 2. The van der Waals surface area contributed by atoms with Crippen molar-refractivity contribution in [1.82, 2.24) is 15.1 Å². The van der Waals surface area contributed by atoms with Gasteiger partial charge in [0.1, 0.15) is 11.5 Å². The summed E-state index contributed by atoms with van der Waals surface area (Å²) in [7, 11) is 0. The first-order valence-corrected chi connectivity index (χ1v) is 7.74. The summed E-state index contributed by atoms with van der Waals surface area (Å²) >= 11 is 3.47. The molecule has 0 amide bonds. The van der Waals surface area contributed by atoms with Crippen molar-refractivity contribution in [2.75, 3.05) is 0 Å². The summed E-state index contributed by atoms with van der Waals surface area (Å²) in [6.07, 6.45) is 0. The van der Waals surface area contributed by atoms with Gasteiger partial charge >= 0.3 is 0 Å². The fourth-order valence-electron chi connectivity index (χ4n) is 2.06. The highest BCUT2D eigenvalue weighted by molar-refractivity contribution is 9.10. The van der Waals surface area contributed by atoms with Crippen molar-refractivity contribution in [3.05, 3.63) is 45.4 Å². The number of nitrogens with one attached hydrogen (secondary N) is 1. The minimum Gasteiger partial charge on any atom is -0.308 e. The third-order valence-electron chi connectivity index (χ3n) is 3.27. The molecular formula is C16H21BrFN3. The standard InChI is InChI=1S/C16H21BrFN3/c1-10-15(17)11(2)21(20-10)14-7-6-12(8-13(14)18)9-19-16(3,4)5/h6-8,19H,9H2,1-5H3. The first-order chi connectivity index (χ1) is 9.69. The van der Waals surface area contributed by atoms with Crippen molar-refractivity contribution in [1.29, 1.82) is 0 Å². The first-order valence-electron chi connectivity index (χ1n) is 6.94. The molecule has 2 rings (SSSR count). The van der Waals surface area contributed by atoms with E-state index >= 15 is 0 Å². The maximum atomic E-state index is 14.4. The van der Waals surface area contributed by atoms with Gasteiger partial charge in [0.05, 0.1) is 15.9 Å². The van der Waals surface area contributed by atoms with Crippen LogP contribution in [0.1, 0.15) is 37.7 Å². The zero-order chi connectivity index (χ0) is 15.8. The van der Waals surface area contributed by atoms with Gasteiger partial charge in [0.25, 0.3) is 0 Å². The molecular weight excluding hydrogens is 333 g/mol. The second kappa shape index (κ2) is 5.89. The van der Waals surface area contributed by atoms with E-state index in [1.165, 1.54) is 0 Å². The Bertz CT molecular complexity index is 656. The number of benzene rings is 1. The number of hydrogen-bond acceptors (Lipinski definition) is 2. The van der Waals surface area contributed by atoms with Gasteiger partial charge in [0, 0.05) is 12.1 Å². The lowest BCUT2D eigenvalue weighted by Crippen LogP contribution is -2.35. The van der Waals surface area contributed by atoms with Crippen LogP contribution in [0, 0.1) is 19.7 Å². The fourth-order valence-corrected chi connectivity index (χ4v) is 2.30. The molecule has 0 bridgehead atoms. The average Bonchev–Trinajstić information content (AvgIpc) is 2.63. The Kier molecular flexibility index (Phi) is 4.54. The van der Waals surface area contributed by atoms with E-state index in [-0.39, 0.29) is 11.4 Å². The summed E-state index contributed by atoms with van der Waals surface area (Å²) in [6, 6.07) is 5.28. The summed E-state index contributed by atoms with van der Waals surface area (Å²) in [5.41, 5.74) is 3.15. The summed E-state index contributed by atoms with van der Waals surface area (Å²) in [6.45, 7) is 10.7. The number of aryl methyl sites for hydroxylation is 1. The van der Waals surface area contributed by atoms with Crippen LogP contribution in [0.4, 0.5) is 4.39 Å². The third kappa shape index (κ3) is 3.71. The topological polar surface area (TPSA) is 29.9 Å². The van der Waals surface area contributed by atoms with Crippen LogP contribution < -0.4 is 5.32 Å². The molecule has 0 unspecified atom stereocenters. The lowest BCUT2D eigenvalue weighted by molar-refractivity contribution is 0.423. The molecule has 21 heavy (non-hydrogen) atoms. The summed E-state index contributed by atoms with van der Waals surface area (Å²) in [5.74, 6) is -0.263. The van der Waals surface area contributed by atoms with Crippen LogP contribution in [0.2, 0.25) is 0 Å². The second-order valence-electron chi connectivity index (χ2n) is 6.29. The van der Waals surface area contributed by atoms with Crippen LogP contribution >= 0.6 is 15.9 Å². The summed E-state index contributed by atoms with van der Waals surface area (Å²) < 4.78 is 16.9. The Hall–Kier alpha value is -1.20. The van der Waals surface area contributed by atoms with Crippen molar-refractivity contribution < 1.29 is 4.39 Å². The molecule has 1 heterocycles. The van der Waals surface area contributed by atoms with E-state index in [1.54, 1.807) is 16.8 Å². The van der Waals surface area contributed by atoms with Gasteiger partial charge in [-0.15, -0.1) is 0 Å². The van der Waals surface area contributed by atoms with Crippen LogP contribution in [0.3, 0.4) is 0 Å². The highest BCUT2D eigenvalue weighted by Crippen LogP contribution is 2.24. The highest BCUT2D eigenvalue weighted by atomic mass is 79.9. The Labute approximate surface area is 133 Å². The van der Waals surface area contributed by atoms with Crippen molar-refractivity contribution in [3.63, 3.8) is 0 Å². The fraction of sp³-hybridized carbons (Fsp3) is 0.438. The molecule has 114 valence electrons. The van der Waals surface area contributed by atoms with Crippen LogP contribution in [0.5, 0.6) is 0 Å². The van der Waals surface area contributed by atoms with Gasteiger partial charge in [-0.3, -0.25) is 0 Å². The molecule has 0 saturated carbocycles. The lowest BCUT2D eigenvalue weighted by Gasteiger charge is -2.20. The number of rotatable bonds is 3. The summed E-state index contributed by atoms with van der Waals surface area (Å²) in [5, 5.41) is 7.72. The van der Waals surface area contributed by atoms with E-state index in [1.807, 2.05) is 19.9 Å². The lowest BCUT2D eigenvalue weighted by atomic mass is 10.1. The Morgan fingerprint density at radius 3 is 2.43 bits per heavy atom. The molecule has 3 nitrogen and oxygen atoms in total. The molecule has 0 aliphatic rings. The second-order valence-corrected chi connectivity index (χ2v) is 7.08. The minimum absolute atomic E-state index is 0.00962. The maximum Gasteiger partial charge on any atom is 0.149 e. The van der Waals surface area contributed by atoms with E-state index in [0.29, 0.717) is 12.2 Å². The predicted molar refractivity (Wildman–Crippen MR) is 87.3 cm³/mol. The Morgan fingerprint density at radius 2 is 1.95 bits per heavy atom. The monoisotopic (exact) mass is 353 g/mol. The van der Waals surface area contributed by atoms with Crippen molar-refractivity contribution in [2.24, 2.45) is 0 Å². The smallest absolute Gasteiger partial charge is 0.149 e. The van der Waals surface area contributed by atoms with Crippen molar-refractivity contribution in [3.8, 4) is 5.69 Å². The van der Waals surface area contributed by atoms with E-state index in [4.69, 9.17) is 0 Å². The number of aromatic nitrogens is 2. The highest BCUT2D eigenvalue weighted by Gasteiger charge is 2.14. The Morgan fingerprint density at radius 1 is 1.29 bits per heavy atom. The van der Waals surface area contributed by atoms with E-state index in [0.717, 1.165) is 21.4 Å². The average molecular weight is 354 g/mol. The predicted octanol–water partition coefficient (Wildman–Crippen LogP) is 4.28. The zero-order valence-electron chi connectivity index (χ0n) is 13.1. The Balaban J connectivity index is 2.29. The minimum atomic E-state index is -0.263. The zero-order valence-corrected chi connectivity index (χ0v) is 14.7. The van der Waals surface area contributed by atoms with Gasteiger partial charge in [-0.05, 0) is 68.2 Å². The number of nitrogens with zero attached hydrogens (tertiary/aromatic N) is 2. The molecule has 1 N–H and O–H groups in total. The van der Waals surface area contributed by atoms with Crippen molar-refractivity contribution in [2.45, 2.75) is 46.7 Å². The van der Waals surface area contributed by atoms with Crippen LogP contribution in [0.25, 0.3) is 5.69 Å². The van der Waals surface area contributed by atoms with E-state index in [2.05, 4.69) is 47.1 Å². The molecule has 0 saturated heterocycles. The van der Waals surface area contributed by atoms with Gasteiger partial charge in [-0.25, -0.2) is 9.07 Å². The molecule has 0 aliphatic carbocycles. The van der Waals surface area contributed by atoms with E-state index in [9.17, 15) is 4.39 Å². The largest absolute Gasteiger partial charge is 0.308 e. The van der Waals surface area contributed by atoms with Crippen LogP contribution in [0.15, 0.2) is 22.7 Å². The van der Waals surface area contributed by atoms with Gasteiger partial charge in [0.2, 0.25) is 0 Å². The van der Waals surface area contributed by atoms with Gasteiger partial charge < -0.3 is 5.32 Å². The SMILES string of the molecule is Cc1nn(-c2ccc(CNC(C)(C)C)cc2F)c(C)c1Br. The molecule has 2 aromatic rings. The number of hydrogen-bond donors (Lipinski definition) is 1. The molecule has 5 heteroatoms. The van der Waals surface area contributed by atoms with Gasteiger partial charge in [-0.2, -0.15) is 5.10 Å².